The Hall–Kier alpha value is -1.82. The van der Waals surface area contributed by atoms with Crippen LogP contribution in [0.15, 0.2) is 35.1 Å². The number of benzene rings is 1. The summed E-state index contributed by atoms with van der Waals surface area (Å²) in [4.78, 5) is 19.0. The summed E-state index contributed by atoms with van der Waals surface area (Å²) >= 11 is 3.38. The molecule has 0 radical (unpaired) electrons. The summed E-state index contributed by atoms with van der Waals surface area (Å²) in [6, 6.07) is 5.63. The standard InChI is InChI=1S/C15H17BrN4O/c1-19-7-6-18-14(19)9-20(11-3-4-11)15(21)10-2-5-13(17)12(16)8-10/h2,5-8,11H,3-4,9,17H2,1H3. The zero-order valence-electron chi connectivity index (χ0n) is 11.8. The number of rotatable bonds is 4. The number of carbonyl (C=O) groups excluding carboxylic acids is 1. The van der Waals surface area contributed by atoms with Gasteiger partial charge in [0.2, 0.25) is 0 Å². The Morgan fingerprint density at radius 1 is 1.52 bits per heavy atom. The maximum absolute atomic E-state index is 12.8. The molecule has 1 aliphatic carbocycles. The molecular weight excluding hydrogens is 332 g/mol. The normalized spacial score (nSPS) is 14.2. The maximum atomic E-state index is 12.8. The van der Waals surface area contributed by atoms with E-state index in [0.717, 1.165) is 23.1 Å². The van der Waals surface area contributed by atoms with Crippen molar-refractivity contribution in [3.8, 4) is 0 Å². The van der Waals surface area contributed by atoms with E-state index in [0.29, 0.717) is 23.8 Å². The molecular formula is C15H17BrN4O. The molecule has 2 N–H and O–H groups in total. The molecule has 1 saturated carbocycles. The van der Waals surface area contributed by atoms with E-state index in [1.165, 1.54) is 0 Å². The molecule has 0 bridgehead atoms. The molecule has 0 atom stereocenters. The number of halogens is 1. The molecule has 5 nitrogen and oxygen atoms in total. The lowest BCUT2D eigenvalue weighted by Gasteiger charge is -2.22. The fourth-order valence-electron chi connectivity index (χ4n) is 2.28. The average Bonchev–Trinajstić information content (AvgIpc) is 3.22. The zero-order chi connectivity index (χ0) is 15.0. The molecule has 1 aromatic heterocycles. The van der Waals surface area contributed by atoms with Gasteiger partial charge in [-0.05, 0) is 47.0 Å². The minimum Gasteiger partial charge on any atom is -0.398 e. The van der Waals surface area contributed by atoms with Crippen LogP contribution in [0.1, 0.15) is 29.0 Å². The van der Waals surface area contributed by atoms with Crippen molar-refractivity contribution in [1.29, 1.82) is 0 Å². The fourth-order valence-corrected chi connectivity index (χ4v) is 2.66. The average molecular weight is 349 g/mol. The predicted molar refractivity (Wildman–Crippen MR) is 84.7 cm³/mol. The third-order valence-electron chi connectivity index (χ3n) is 3.73. The zero-order valence-corrected chi connectivity index (χ0v) is 13.4. The topological polar surface area (TPSA) is 64.2 Å². The highest BCUT2D eigenvalue weighted by Gasteiger charge is 2.33. The van der Waals surface area contributed by atoms with Crippen LogP contribution in [0.2, 0.25) is 0 Å². The second-order valence-electron chi connectivity index (χ2n) is 5.35. The van der Waals surface area contributed by atoms with E-state index in [1.54, 1.807) is 24.4 Å². The number of nitrogens with zero attached hydrogens (tertiary/aromatic N) is 3. The number of nitrogens with two attached hydrogens (primary N) is 1. The molecule has 0 unspecified atom stereocenters. The van der Waals surface area contributed by atoms with Gasteiger partial charge in [0.25, 0.3) is 5.91 Å². The first kappa shape index (κ1) is 14.1. The Kier molecular flexibility index (Phi) is 3.71. The van der Waals surface area contributed by atoms with Crippen molar-refractivity contribution in [2.45, 2.75) is 25.4 Å². The van der Waals surface area contributed by atoms with E-state index in [1.807, 2.05) is 22.7 Å². The molecule has 1 aromatic carbocycles. The number of carbonyl (C=O) groups is 1. The number of hydrogen-bond acceptors (Lipinski definition) is 3. The van der Waals surface area contributed by atoms with Gasteiger partial charge >= 0.3 is 0 Å². The quantitative estimate of drug-likeness (QED) is 0.863. The van der Waals surface area contributed by atoms with Gasteiger partial charge < -0.3 is 15.2 Å². The Morgan fingerprint density at radius 2 is 2.29 bits per heavy atom. The van der Waals surface area contributed by atoms with E-state index >= 15 is 0 Å². The van der Waals surface area contributed by atoms with Crippen molar-refractivity contribution < 1.29 is 4.79 Å². The van der Waals surface area contributed by atoms with Gasteiger partial charge in [-0.25, -0.2) is 4.98 Å². The monoisotopic (exact) mass is 348 g/mol. The summed E-state index contributed by atoms with van der Waals surface area (Å²) in [5.74, 6) is 0.922. The van der Waals surface area contributed by atoms with Crippen LogP contribution in [0.4, 0.5) is 5.69 Å². The lowest BCUT2D eigenvalue weighted by atomic mass is 10.1. The smallest absolute Gasteiger partial charge is 0.254 e. The number of hydrogen-bond donors (Lipinski definition) is 1. The molecule has 1 fully saturated rings. The van der Waals surface area contributed by atoms with Crippen LogP contribution in [0.3, 0.4) is 0 Å². The largest absolute Gasteiger partial charge is 0.398 e. The van der Waals surface area contributed by atoms with Gasteiger partial charge in [-0.2, -0.15) is 0 Å². The number of nitrogen functional groups attached to an aromatic ring is 1. The van der Waals surface area contributed by atoms with E-state index in [2.05, 4.69) is 20.9 Å². The molecule has 1 heterocycles. The van der Waals surface area contributed by atoms with Crippen LogP contribution < -0.4 is 5.73 Å². The van der Waals surface area contributed by atoms with Crippen LogP contribution in [-0.2, 0) is 13.6 Å². The first-order valence-electron chi connectivity index (χ1n) is 6.88. The van der Waals surface area contributed by atoms with Crippen LogP contribution in [0.5, 0.6) is 0 Å². The molecule has 0 spiro atoms. The molecule has 21 heavy (non-hydrogen) atoms. The Balaban J connectivity index is 1.85. The van der Waals surface area contributed by atoms with E-state index in [9.17, 15) is 4.79 Å². The first-order valence-corrected chi connectivity index (χ1v) is 7.68. The highest BCUT2D eigenvalue weighted by Crippen LogP contribution is 2.30. The molecule has 0 saturated heterocycles. The summed E-state index contributed by atoms with van der Waals surface area (Å²) in [7, 11) is 1.94. The third-order valence-corrected chi connectivity index (χ3v) is 4.42. The van der Waals surface area contributed by atoms with Gasteiger partial charge in [0.1, 0.15) is 5.82 Å². The van der Waals surface area contributed by atoms with Gasteiger partial charge in [0, 0.05) is 41.2 Å². The second kappa shape index (κ2) is 5.52. The lowest BCUT2D eigenvalue weighted by Crippen LogP contribution is -2.33. The third kappa shape index (κ3) is 2.95. The van der Waals surface area contributed by atoms with E-state index in [4.69, 9.17) is 5.73 Å². The van der Waals surface area contributed by atoms with Gasteiger partial charge in [0.05, 0.1) is 6.54 Å². The maximum Gasteiger partial charge on any atom is 0.254 e. The van der Waals surface area contributed by atoms with Gasteiger partial charge in [-0.15, -0.1) is 0 Å². The van der Waals surface area contributed by atoms with Crippen molar-refractivity contribution in [3.63, 3.8) is 0 Å². The van der Waals surface area contributed by atoms with Crippen molar-refractivity contribution >= 4 is 27.5 Å². The van der Waals surface area contributed by atoms with Gasteiger partial charge in [0.15, 0.2) is 0 Å². The molecule has 3 rings (SSSR count). The van der Waals surface area contributed by atoms with Crippen molar-refractivity contribution in [3.05, 3.63) is 46.5 Å². The molecule has 1 amide bonds. The summed E-state index contributed by atoms with van der Waals surface area (Å²) in [5, 5.41) is 0. The van der Waals surface area contributed by atoms with E-state index in [-0.39, 0.29) is 5.91 Å². The molecule has 1 aliphatic rings. The minimum absolute atomic E-state index is 0.0289. The number of amides is 1. The number of aryl methyl sites for hydroxylation is 1. The Labute approximate surface area is 131 Å². The van der Waals surface area contributed by atoms with Crippen molar-refractivity contribution in [2.24, 2.45) is 7.05 Å². The molecule has 6 heteroatoms. The van der Waals surface area contributed by atoms with Crippen molar-refractivity contribution in [2.75, 3.05) is 5.73 Å². The highest BCUT2D eigenvalue weighted by atomic mass is 79.9. The summed E-state index contributed by atoms with van der Waals surface area (Å²) in [6.07, 6.45) is 5.77. The van der Waals surface area contributed by atoms with Crippen LogP contribution in [0.25, 0.3) is 0 Å². The predicted octanol–water partition coefficient (Wildman–Crippen LogP) is 2.57. The van der Waals surface area contributed by atoms with Crippen LogP contribution in [-0.4, -0.2) is 26.4 Å². The summed E-state index contributed by atoms with van der Waals surface area (Å²) in [5.41, 5.74) is 7.06. The first-order chi connectivity index (χ1) is 10.1. The Morgan fingerprint density at radius 3 is 2.86 bits per heavy atom. The van der Waals surface area contributed by atoms with Crippen molar-refractivity contribution in [1.82, 2.24) is 14.5 Å². The van der Waals surface area contributed by atoms with Gasteiger partial charge in [-0.1, -0.05) is 0 Å². The van der Waals surface area contributed by atoms with Crippen LogP contribution >= 0.6 is 15.9 Å². The van der Waals surface area contributed by atoms with Gasteiger partial charge in [-0.3, -0.25) is 4.79 Å². The number of aromatic nitrogens is 2. The molecule has 0 aliphatic heterocycles. The molecule has 2 aromatic rings. The van der Waals surface area contributed by atoms with E-state index < -0.39 is 0 Å². The number of anilines is 1. The number of imidazole rings is 1. The SMILES string of the molecule is Cn1ccnc1CN(C(=O)c1ccc(N)c(Br)c1)C1CC1. The molecule has 110 valence electrons. The summed E-state index contributed by atoms with van der Waals surface area (Å²) in [6.45, 7) is 0.537. The summed E-state index contributed by atoms with van der Waals surface area (Å²) < 4.78 is 2.70. The second-order valence-corrected chi connectivity index (χ2v) is 6.21. The Bertz CT molecular complexity index is 678. The highest BCUT2D eigenvalue weighted by molar-refractivity contribution is 9.10. The fraction of sp³-hybridized carbons (Fsp3) is 0.333. The lowest BCUT2D eigenvalue weighted by molar-refractivity contribution is 0.0724. The van der Waals surface area contributed by atoms with Crippen LogP contribution in [0, 0.1) is 0 Å². The minimum atomic E-state index is 0.0289.